The summed E-state index contributed by atoms with van der Waals surface area (Å²) in [4.78, 5) is 36.2. The van der Waals surface area contributed by atoms with Crippen LogP contribution < -0.4 is 5.32 Å². The maximum Gasteiger partial charge on any atom is 0.416 e. The smallest absolute Gasteiger partial charge is 0.416 e. The van der Waals surface area contributed by atoms with Crippen molar-refractivity contribution in [1.82, 2.24) is 10.2 Å². The normalized spacial score (nSPS) is 16.8. The second-order valence-electron chi connectivity index (χ2n) is 5.98. The van der Waals surface area contributed by atoms with Crippen molar-refractivity contribution < 1.29 is 37.8 Å². The number of benzene rings is 1. The number of rotatable bonds is 4. The molecule has 26 heavy (non-hydrogen) atoms. The molecule has 2 amide bonds. The van der Waals surface area contributed by atoms with E-state index in [1.54, 1.807) is 0 Å². The number of hydrogen-bond donors (Lipinski definition) is 3. The Morgan fingerprint density at radius 3 is 2.12 bits per heavy atom. The number of alkyl halides is 3. The van der Waals surface area contributed by atoms with Gasteiger partial charge in [-0.15, -0.1) is 0 Å². The lowest BCUT2D eigenvalue weighted by molar-refractivity contribution is -0.165. The van der Waals surface area contributed by atoms with Gasteiger partial charge < -0.3 is 20.4 Å². The number of amides is 2. The maximum atomic E-state index is 12.5. The van der Waals surface area contributed by atoms with Gasteiger partial charge in [0.2, 0.25) is 5.91 Å². The van der Waals surface area contributed by atoms with Gasteiger partial charge in [0.15, 0.2) is 5.60 Å². The third-order valence-electron chi connectivity index (χ3n) is 4.22. The predicted molar refractivity (Wildman–Crippen MR) is 82.2 cm³/mol. The summed E-state index contributed by atoms with van der Waals surface area (Å²) in [5, 5.41) is 21.0. The maximum absolute atomic E-state index is 12.5. The molecule has 1 aliphatic rings. The monoisotopic (exact) mass is 374 g/mol. The molecule has 1 fully saturated rings. The summed E-state index contributed by atoms with van der Waals surface area (Å²) < 4.78 is 37.4. The summed E-state index contributed by atoms with van der Waals surface area (Å²) >= 11 is 0. The first-order valence-corrected chi connectivity index (χ1v) is 7.72. The fraction of sp³-hybridized carbons (Fsp3) is 0.438. The molecule has 10 heteroatoms. The Kier molecular flexibility index (Phi) is 5.55. The molecule has 3 N–H and O–H groups in total. The molecule has 0 atom stereocenters. The van der Waals surface area contributed by atoms with E-state index in [0.717, 1.165) is 24.3 Å². The molecule has 0 aliphatic carbocycles. The number of carbonyl (C=O) groups is 3. The van der Waals surface area contributed by atoms with Crippen LogP contribution in [0.25, 0.3) is 0 Å². The highest BCUT2D eigenvalue weighted by atomic mass is 19.4. The molecule has 1 heterocycles. The van der Waals surface area contributed by atoms with Gasteiger partial charge in [-0.25, -0.2) is 4.79 Å². The highest BCUT2D eigenvalue weighted by Gasteiger charge is 2.40. The first-order valence-electron chi connectivity index (χ1n) is 7.72. The average molecular weight is 374 g/mol. The van der Waals surface area contributed by atoms with Crippen molar-refractivity contribution in [2.45, 2.75) is 24.6 Å². The zero-order chi connectivity index (χ0) is 19.5. The molecular formula is C16H17F3N2O5. The molecule has 1 aromatic carbocycles. The van der Waals surface area contributed by atoms with E-state index in [0.29, 0.717) is 0 Å². The van der Waals surface area contributed by atoms with E-state index in [1.807, 2.05) is 0 Å². The minimum absolute atomic E-state index is 0.0234. The minimum atomic E-state index is -4.50. The fourth-order valence-corrected chi connectivity index (χ4v) is 2.52. The molecule has 0 spiro atoms. The van der Waals surface area contributed by atoms with Crippen LogP contribution in [0.15, 0.2) is 24.3 Å². The Morgan fingerprint density at radius 2 is 1.65 bits per heavy atom. The van der Waals surface area contributed by atoms with Crippen LogP contribution in [0.1, 0.15) is 28.8 Å². The summed E-state index contributed by atoms with van der Waals surface area (Å²) in [6, 6.07) is 3.56. The van der Waals surface area contributed by atoms with Crippen molar-refractivity contribution >= 4 is 17.8 Å². The van der Waals surface area contributed by atoms with Crippen molar-refractivity contribution in [1.29, 1.82) is 0 Å². The van der Waals surface area contributed by atoms with Crippen molar-refractivity contribution in [2.24, 2.45) is 0 Å². The highest BCUT2D eigenvalue weighted by Crippen LogP contribution is 2.29. The average Bonchev–Trinajstić information content (AvgIpc) is 2.59. The lowest BCUT2D eigenvalue weighted by atomic mass is 9.91. The molecule has 142 valence electrons. The summed E-state index contributed by atoms with van der Waals surface area (Å²) in [5.74, 6) is -2.52. The van der Waals surface area contributed by atoms with Crippen LogP contribution >= 0.6 is 0 Å². The Labute approximate surface area is 146 Å². The number of piperidine rings is 1. The lowest BCUT2D eigenvalue weighted by Crippen LogP contribution is -2.52. The van der Waals surface area contributed by atoms with Crippen molar-refractivity contribution in [3.8, 4) is 0 Å². The van der Waals surface area contributed by atoms with Crippen LogP contribution in [0.3, 0.4) is 0 Å². The summed E-state index contributed by atoms with van der Waals surface area (Å²) in [5.41, 5.74) is -2.77. The van der Waals surface area contributed by atoms with Gasteiger partial charge >= 0.3 is 12.1 Å². The Hall–Kier alpha value is -2.62. The second-order valence-corrected chi connectivity index (χ2v) is 5.98. The van der Waals surface area contributed by atoms with E-state index >= 15 is 0 Å². The Balaban J connectivity index is 1.86. The highest BCUT2D eigenvalue weighted by molar-refractivity contribution is 5.96. The Morgan fingerprint density at radius 1 is 1.12 bits per heavy atom. The number of hydrogen-bond acceptors (Lipinski definition) is 4. The first-order chi connectivity index (χ1) is 12.0. The molecule has 1 aromatic rings. The summed E-state index contributed by atoms with van der Waals surface area (Å²) in [6.45, 7) is -0.332. The molecule has 1 saturated heterocycles. The SMILES string of the molecule is O=C(NCC(=O)N1CCC(O)(C(=O)O)CC1)c1ccc(C(F)(F)F)cc1. The van der Waals surface area contributed by atoms with Gasteiger partial charge in [0.1, 0.15) is 0 Å². The van der Waals surface area contributed by atoms with Gasteiger partial charge in [0.25, 0.3) is 5.91 Å². The molecular weight excluding hydrogens is 357 g/mol. The predicted octanol–water partition coefficient (Wildman–Crippen LogP) is 0.873. The van der Waals surface area contributed by atoms with E-state index in [2.05, 4.69) is 5.32 Å². The number of aliphatic hydroxyl groups is 1. The molecule has 0 bridgehead atoms. The quantitative estimate of drug-likeness (QED) is 0.725. The number of carboxylic acids is 1. The molecule has 1 aliphatic heterocycles. The second kappa shape index (κ2) is 7.32. The van der Waals surface area contributed by atoms with Gasteiger partial charge in [-0.2, -0.15) is 13.2 Å². The van der Waals surface area contributed by atoms with Crippen LogP contribution in [0, 0.1) is 0 Å². The van der Waals surface area contributed by atoms with E-state index in [4.69, 9.17) is 5.11 Å². The Bertz CT molecular complexity index is 695. The molecule has 0 aromatic heterocycles. The zero-order valence-corrected chi connectivity index (χ0v) is 13.5. The first kappa shape index (κ1) is 19.7. The van der Waals surface area contributed by atoms with Crippen LogP contribution in [0.5, 0.6) is 0 Å². The molecule has 7 nitrogen and oxygen atoms in total. The lowest BCUT2D eigenvalue weighted by Gasteiger charge is -2.35. The topological polar surface area (TPSA) is 107 Å². The number of nitrogens with one attached hydrogen (secondary N) is 1. The van der Waals surface area contributed by atoms with Gasteiger partial charge in [-0.1, -0.05) is 0 Å². The minimum Gasteiger partial charge on any atom is -0.479 e. The number of likely N-dealkylation sites (tertiary alicyclic amines) is 1. The zero-order valence-electron chi connectivity index (χ0n) is 13.5. The van der Waals surface area contributed by atoms with Gasteiger partial charge in [0, 0.05) is 31.5 Å². The van der Waals surface area contributed by atoms with Crippen molar-refractivity contribution in [2.75, 3.05) is 19.6 Å². The van der Waals surface area contributed by atoms with Crippen LogP contribution in [0.4, 0.5) is 13.2 Å². The van der Waals surface area contributed by atoms with Gasteiger partial charge in [-0.3, -0.25) is 9.59 Å². The van der Waals surface area contributed by atoms with Crippen LogP contribution in [-0.4, -0.2) is 58.1 Å². The largest absolute Gasteiger partial charge is 0.479 e. The number of nitrogens with zero attached hydrogens (tertiary/aromatic N) is 1. The summed E-state index contributed by atoms with van der Waals surface area (Å²) in [7, 11) is 0. The standard InChI is InChI=1S/C16H17F3N2O5/c17-16(18,19)11-3-1-10(2-4-11)13(23)20-9-12(22)21-7-5-15(26,6-8-21)14(24)25/h1-4,26H,5-9H2,(H,20,23)(H,24,25). The van der Waals surface area contributed by atoms with Crippen molar-refractivity contribution in [3.05, 3.63) is 35.4 Å². The molecule has 0 saturated carbocycles. The van der Waals surface area contributed by atoms with E-state index in [-0.39, 0.29) is 38.0 Å². The summed E-state index contributed by atoms with van der Waals surface area (Å²) in [6.07, 6.45) is -4.75. The number of carbonyl (C=O) groups excluding carboxylic acids is 2. The number of carboxylic acid groups (broad SMARTS) is 1. The third kappa shape index (κ3) is 4.51. The van der Waals surface area contributed by atoms with Crippen LogP contribution in [0.2, 0.25) is 0 Å². The number of halogens is 3. The molecule has 2 rings (SSSR count). The molecule has 0 radical (unpaired) electrons. The van der Waals surface area contributed by atoms with Crippen molar-refractivity contribution in [3.63, 3.8) is 0 Å². The van der Waals surface area contributed by atoms with E-state index in [9.17, 15) is 32.7 Å². The third-order valence-corrected chi connectivity index (χ3v) is 4.22. The van der Waals surface area contributed by atoms with Gasteiger partial charge in [-0.05, 0) is 24.3 Å². The fourth-order valence-electron chi connectivity index (χ4n) is 2.52. The van der Waals surface area contributed by atoms with E-state index < -0.39 is 35.1 Å². The number of aliphatic carboxylic acids is 1. The van der Waals surface area contributed by atoms with Crippen LogP contribution in [-0.2, 0) is 15.8 Å². The molecule has 0 unspecified atom stereocenters. The van der Waals surface area contributed by atoms with Gasteiger partial charge in [0.05, 0.1) is 12.1 Å². The van der Waals surface area contributed by atoms with E-state index in [1.165, 1.54) is 4.90 Å².